The quantitative estimate of drug-likeness (QED) is 0.699. The van der Waals surface area contributed by atoms with Crippen molar-refractivity contribution in [3.05, 3.63) is 58.1 Å². The Kier molecular flexibility index (Phi) is 6.41. The van der Waals surface area contributed by atoms with Crippen molar-refractivity contribution in [2.45, 2.75) is 31.7 Å². The first-order chi connectivity index (χ1) is 12.1. The minimum absolute atomic E-state index is 0.0293. The lowest BCUT2D eigenvalue weighted by Gasteiger charge is -2.16. The summed E-state index contributed by atoms with van der Waals surface area (Å²) in [6, 6.07) is 10.2. The predicted octanol–water partition coefficient (Wildman–Crippen LogP) is 2.89. The second kappa shape index (κ2) is 8.18. The van der Waals surface area contributed by atoms with Crippen LogP contribution in [0.15, 0.2) is 41.3 Å². The highest BCUT2D eigenvalue weighted by Gasteiger charge is 2.15. The molecule has 6 nitrogen and oxygen atoms in total. The Hall–Kier alpha value is -1.93. The molecule has 1 amide bonds. The zero-order valence-corrected chi connectivity index (χ0v) is 16.4. The number of sulfonamides is 1. The molecule has 2 aromatic rings. The van der Waals surface area contributed by atoms with Gasteiger partial charge in [0, 0.05) is 16.8 Å². The van der Waals surface area contributed by atoms with Crippen molar-refractivity contribution in [1.29, 1.82) is 0 Å². The Bertz CT molecular complexity index is 912. The summed E-state index contributed by atoms with van der Waals surface area (Å²) in [7, 11) is -3.84. The van der Waals surface area contributed by atoms with Gasteiger partial charge in [-0.25, -0.2) is 13.6 Å². The molecule has 0 aliphatic carbocycles. The highest BCUT2D eigenvalue weighted by molar-refractivity contribution is 7.89. The molecule has 2 rings (SSSR count). The number of anilines is 1. The van der Waals surface area contributed by atoms with Gasteiger partial charge in [0.05, 0.1) is 11.4 Å². The molecule has 1 atom stereocenters. The van der Waals surface area contributed by atoms with Crippen LogP contribution in [0.5, 0.6) is 0 Å². The third kappa shape index (κ3) is 5.28. The van der Waals surface area contributed by atoms with Crippen LogP contribution in [0, 0.1) is 13.8 Å². The highest BCUT2D eigenvalue weighted by Crippen LogP contribution is 2.23. The Morgan fingerprint density at radius 1 is 1.19 bits per heavy atom. The largest absolute Gasteiger partial charge is 0.325 e. The standard InChI is InChI=1S/C18H22ClN3O3S/c1-11-8-16(26(20,24)25)9-17(12(11)2)22-18(23)10-21-13(3)14-4-6-15(19)7-5-14/h4-9,13,21H,10H2,1-3H3,(H,22,23)(H2,20,24,25)/t13-/m1/s1. The van der Waals surface area contributed by atoms with Crippen molar-refractivity contribution in [3.8, 4) is 0 Å². The number of nitrogens with two attached hydrogens (primary N) is 1. The van der Waals surface area contributed by atoms with E-state index in [0.717, 1.165) is 16.7 Å². The Labute approximate surface area is 158 Å². The van der Waals surface area contributed by atoms with Gasteiger partial charge in [-0.05, 0) is 61.7 Å². The highest BCUT2D eigenvalue weighted by atomic mass is 35.5. The van der Waals surface area contributed by atoms with E-state index in [2.05, 4.69) is 10.6 Å². The van der Waals surface area contributed by atoms with Crippen LogP contribution in [0.1, 0.15) is 29.7 Å². The molecule has 0 spiro atoms. The van der Waals surface area contributed by atoms with E-state index in [0.29, 0.717) is 10.7 Å². The summed E-state index contributed by atoms with van der Waals surface area (Å²) in [5.74, 6) is -0.278. The molecule has 0 radical (unpaired) electrons. The summed E-state index contributed by atoms with van der Waals surface area (Å²) >= 11 is 5.87. The van der Waals surface area contributed by atoms with E-state index < -0.39 is 10.0 Å². The van der Waals surface area contributed by atoms with Gasteiger partial charge in [0.15, 0.2) is 0 Å². The number of benzene rings is 2. The maximum absolute atomic E-state index is 12.3. The molecule has 0 fully saturated rings. The molecule has 0 heterocycles. The van der Waals surface area contributed by atoms with Crippen LogP contribution in [0.3, 0.4) is 0 Å². The number of nitrogens with one attached hydrogen (secondary N) is 2. The van der Waals surface area contributed by atoms with E-state index >= 15 is 0 Å². The number of rotatable bonds is 6. The molecule has 0 bridgehead atoms. The van der Waals surface area contributed by atoms with E-state index in [-0.39, 0.29) is 23.4 Å². The zero-order valence-electron chi connectivity index (χ0n) is 14.8. The van der Waals surface area contributed by atoms with Gasteiger partial charge in [0.25, 0.3) is 0 Å². The molecular formula is C18H22ClN3O3S. The van der Waals surface area contributed by atoms with E-state index in [1.54, 1.807) is 19.1 Å². The van der Waals surface area contributed by atoms with Gasteiger partial charge in [-0.3, -0.25) is 4.79 Å². The average Bonchev–Trinajstić information content (AvgIpc) is 2.56. The van der Waals surface area contributed by atoms with Gasteiger partial charge < -0.3 is 10.6 Å². The SMILES string of the molecule is Cc1cc(S(N)(=O)=O)cc(NC(=O)CN[C@H](C)c2ccc(Cl)cc2)c1C. The summed E-state index contributed by atoms with van der Waals surface area (Å²) in [6.07, 6.45) is 0. The number of carbonyl (C=O) groups is 1. The molecule has 2 aromatic carbocycles. The lowest BCUT2D eigenvalue weighted by atomic mass is 10.1. The molecule has 26 heavy (non-hydrogen) atoms. The maximum Gasteiger partial charge on any atom is 0.238 e. The van der Waals surface area contributed by atoms with Crippen LogP contribution in [-0.4, -0.2) is 20.9 Å². The molecule has 0 saturated heterocycles. The molecule has 8 heteroatoms. The first kappa shape index (κ1) is 20.4. The van der Waals surface area contributed by atoms with E-state index in [4.69, 9.17) is 16.7 Å². The number of amides is 1. The second-order valence-electron chi connectivity index (χ2n) is 6.16. The fourth-order valence-electron chi connectivity index (χ4n) is 2.43. The molecule has 0 aromatic heterocycles. The second-order valence-corrected chi connectivity index (χ2v) is 8.16. The van der Waals surface area contributed by atoms with Crippen LogP contribution in [-0.2, 0) is 14.8 Å². The monoisotopic (exact) mass is 395 g/mol. The summed E-state index contributed by atoms with van der Waals surface area (Å²) in [4.78, 5) is 12.2. The van der Waals surface area contributed by atoms with Crippen LogP contribution >= 0.6 is 11.6 Å². The van der Waals surface area contributed by atoms with Crippen molar-refractivity contribution in [2.24, 2.45) is 5.14 Å². The molecule has 140 valence electrons. The number of primary sulfonamides is 1. The van der Waals surface area contributed by atoms with Gasteiger partial charge in [-0.1, -0.05) is 23.7 Å². The van der Waals surface area contributed by atoms with Crippen molar-refractivity contribution < 1.29 is 13.2 Å². The molecule has 0 unspecified atom stereocenters. The number of hydrogen-bond acceptors (Lipinski definition) is 4. The maximum atomic E-state index is 12.3. The van der Waals surface area contributed by atoms with Gasteiger partial charge in [0.1, 0.15) is 0 Å². The topological polar surface area (TPSA) is 101 Å². The van der Waals surface area contributed by atoms with E-state index in [9.17, 15) is 13.2 Å². The number of carbonyl (C=O) groups excluding carboxylic acids is 1. The van der Waals surface area contributed by atoms with Gasteiger partial charge in [0.2, 0.25) is 15.9 Å². The fraction of sp³-hybridized carbons (Fsp3) is 0.278. The molecule has 0 aliphatic heterocycles. The Morgan fingerprint density at radius 2 is 1.81 bits per heavy atom. The first-order valence-corrected chi connectivity index (χ1v) is 9.93. The van der Waals surface area contributed by atoms with Crippen molar-refractivity contribution >= 4 is 33.2 Å². The molecular weight excluding hydrogens is 374 g/mol. The third-order valence-corrected chi connectivity index (χ3v) is 5.33. The zero-order chi connectivity index (χ0) is 19.5. The van der Waals surface area contributed by atoms with Gasteiger partial charge in [-0.15, -0.1) is 0 Å². The third-order valence-electron chi connectivity index (χ3n) is 4.18. The van der Waals surface area contributed by atoms with Gasteiger partial charge >= 0.3 is 0 Å². The van der Waals surface area contributed by atoms with Crippen LogP contribution in [0.2, 0.25) is 5.02 Å². The number of aryl methyl sites for hydroxylation is 1. The Balaban J connectivity index is 2.06. The van der Waals surface area contributed by atoms with Crippen molar-refractivity contribution in [3.63, 3.8) is 0 Å². The van der Waals surface area contributed by atoms with Crippen LogP contribution < -0.4 is 15.8 Å². The van der Waals surface area contributed by atoms with Crippen LogP contribution in [0.25, 0.3) is 0 Å². The average molecular weight is 396 g/mol. The summed E-state index contributed by atoms with van der Waals surface area (Å²) in [6.45, 7) is 5.58. The fourth-order valence-corrected chi connectivity index (χ4v) is 3.18. The summed E-state index contributed by atoms with van der Waals surface area (Å²) < 4.78 is 23.1. The first-order valence-electron chi connectivity index (χ1n) is 8.00. The minimum Gasteiger partial charge on any atom is -0.325 e. The van der Waals surface area contributed by atoms with E-state index in [1.165, 1.54) is 12.1 Å². The smallest absolute Gasteiger partial charge is 0.238 e. The predicted molar refractivity (Wildman–Crippen MR) is 104 cm³/mol. The lowest BCUT2D eigenvalue weighted by Crippen LogP contribution is -2.30. The van der Waals surface area contributed by atoms with E-state index in [1.807, 2.05) is 26.0 Å². The lowest BCUT2D eigenvalue weighted by molar-refractivity contribution is -0.115. The molecule has 0 saturated carbocycles. The summed E-state index contributed by atoms with van der Waals surface area (Å²) in [5.41, 5.74) is 2.95. The van der Waals surface area contributed by atoms with Crippen molar-refractivity contribution in [1.82, 2.24) is 5.32 Å². The molecule has 0 aliphatic rings. The van der Waals surface area contributed by atoms with Crippen molar-refractivity contribution in [2.75, 3.05) is 11.9 Å². The number of halogens is 1. The van der Waals surface area contributed by atoms with Crippen LogP contribution in [0.4, 0.5) is 5.69 Å². The number of hydrogen-bond donors (Lipinski definition) is 3. The summed E-state index contributed by atoms with van der Waals surface area (Å²) in [5, 5.41) is 11.7. The molecule has 4 N–H and O–H groups in total. The Morgan fingerprint density at radius 3 is 2.38 bits per heavy atom. The minimum atomic E-state index is -3.84. The normalized spacial score (nSPS) is 12.7. The van der Waals surface area contributed by atoms with Gasteiger partial charge in [-0.2, -0.15) is 0 Å².